The van der Waals surface area contributed by atoms with Crippen molar-refractivity contribution in [1.29, 1.82) is 0 Å². The molecule has 5 heteroatoms. The number of carbonyl (C=O) groups excluding carboxylic acids is 2. The van der Waals surface area contributed by atoms with Crippen molar-refractivity contribution < 1.29 is 24.2 Å². The van der Waals surface area contributed by atoms with Crippen LogP contribution < -0.4 is 0 Å². The molecule has 0 atom stereocenters. The monoisotopic (exact) mass is 250 g/mol. The van der Waals surface area contributed by atoms with Crippen LogP contribution in [0.1, 0.15) is 13.3 Å². The summed E-state index contributed by atoms with van der Waals surface area (Å²) in [5.41, 5.74) is -0.220. The lowest BCUT2D eigenvalue weighted by atomic mass is 10.1. The molecule has 0 bridgehead atoms. The molecule has 0 unspecified atom stereocenters. The summed E-state index contributed by atoms with van der Waals surface area (Å²) in [5, 5.41) is 9.44. The van der Waals surface area contributed by atoms with Crippen LogP contribution in [0.2, 0.25) is 0 Å². The lowest BCUT2D eigenvalue weighted by Gasteiger charge is -2.04. The van der Waals surface area contributed by atoms with Gasteiger partial charge in [0.2, 0.25) is 0 Å². The summed E-state index contributed by atoms with van der Waals surface area (Å²) in [5.74, 6) is -1.66. The van der Waals surface area contributed by atoms with Crippen LogP contribution in [0.4, 0.5) is 0 Å². The van der Waals surface area contributed by atoms with E-state index in [1.165, 1.54) is 19.1 Å². The number of hydrogen-bond acceptors (Lipinski definition) is 5. The maximum absolute atomic E-state index is 11.8. The van der Waals surface area contributed by atoms with E-state index in [4.69, 9.17) is 9.47 Å². The standard InChI is InChI=1S/C13H14O5/c1-4-6-9-11(12(15)17-7-5-2)10(8(3)14)13(16)18-9/h4-5,14H,1-2,6-7H2,3H3. The van der Waals surface area contributed by atoms with Gasteiger partial charge < -0.3 is 14.6 Å². The molecule has 1 aliphatic rings. The molecule has 1 aliphatic heterocycles. The first-order valence-electron chi connectivity index (χ1n) is 5.27. The normalized spacial score (nSPS) is 17.3. The Morgan fingerprint density at radius 3 is 2.61 bits per heavy atom. The van der Waals surface area contributed by atoms with Gasteiger partial charge in [0.05, 0.1) is 0 Å². The van der Waals surface area contributed by atoms with Crippen LogP contribution in [0.25, 0.3) is 0 Å². The molecule has 5 nitrogen and oxygen atoms in total. The Bertz CT molecular complexity index is 464. The zero-order valence-corrected chi connectivity index (χ0v) is 10.1. The van der Waals surface area contributed by atoms with Gasteiger partial charge in [0.25, 0.3) is 0 Å². The van der Waals surface area contributed by atoms with Gasteiger partial charge in [-0.25, -0.2) is 9.59 Å². The minimum atomic E-state index is -0.766. The molecule has 0 radical (unpaired) electrons. The quantitative estimate of drug-likeness (QED) is 0.349. The highest BCUT2D eigenvalue weighted by Crippen LogP contribution is 2.31. The molecule has 0 aromatic carbocycles. The predicted molar refractivity (Wildman–Crippen MR) is 64.4 cm³/mol. The van der Waals surface area contributed by atoms with Crippen molar-refractivity contribution in [2.45, 2.75) is 13.3 Å². The highest BCUT2D eigenvalue weighted by atomic mass is 16.6. The third-order valence-electron chi connectivity index (χ3n) is 2.18. The number of carbonyl (C=O) groups is 2. The lowest BCUT2D eigenvalue weighted by molar-refractivity contribution is -0.138. The highest BCUT2D eigenvalue weighted by molar-refractivity contribution is 6.10. The number of allylic oxidation sites excluding steroid dienone is 2. The van der Waals surface area contributed by atoms with Crippen LogP contribution in [0.15, 0.2) is 48.0 Å². The van der Waals surface area contributed by atoms with Gasteiger partial charge in [-0.15, -0.1) is 6.58 Å². The van der Waals surface area contributed by atoms with E-state index in [1.54, 1.807) is 0 Å². The van der Waals surface area contributed by atoms with Gasteiger partial charge in [0, 0.05) is 6.42 Å². The first kappa shape index (κ1) is 13.8. The summed E-state index contributed by atoms with van der Waals surface area (Å²) in [4.78, 5) is 23.4. The summed E-state index contributed by atoms with van der Waals surface area (Å²) < 4.78 is 9.77. The van der Waals surface area contributed by atoms with Gasteiger partial charge in [0.1, 0.15) is 29.3 Å². The summed E-state index contributed by atoms with van der Waals surface area (Å²) in [6, 6.07) is 0. The van der Waals surface area contributed by atoms with E-state index in [9.17, 15) is 14.7 Å². The summed E-state index contributed by atoms with van der Waals surface area (Å²) in [6.07, 6.45) is 3.08. The maximum Gasteiger partial charge on any atom is 0.347 e. The summed E-state index contributed by atoms with van der Waals surface area (Å²) >= 11 is 0. The van der Waals surface area contributed by atoms with Crippen LogP contribution in [-0.2, 0) is 19.1 Å². The van der Waals surface area contributed by atoms with E-state index in [2.05, 4.69) is 13.2 Å². The Kier molecular flexibility index (Phi) is 4.48. The molecule has 0 aliphatic carbocycles. The van der Waals surface area contributed by atoms with E-state index in [0.29, 0.717) is 0 Å². The molecule has 0 aromatic heterocycles. The third kappa shape index (κ3) is 2.68. The number of ether oxygens (including phenoxy) is 2. The molecular formula is C13H14O5. The van der Waals surface area contributed by atoms with Crippen LogP contribution in [0.5, 0.6) is 0 Å². The first-order chi connectivity index (χ1) is 8.52. The molecule has 0 amide bonds. The Balaban J connectivity index is 3.18. The van der Waals surface area contributed by atoms with E-state index in [-0.39, 0.29) is 35.7 Å². The molecule has 1 heterocycles. The van der Waals surface area contributed by atoms with Crippen molar-refractivity contribution in [2.24, 2.45) is 0 Å². The fourth-order valence-electron chi connectivity index (χ4n) is 1.48. The van der Waals surface area contributed by atoms with Crippen LogP contribution in [-0.4, -0.2) is 23.7 Å². The Morgan fingerprint density at radius 2 is 2.11 bits per heavy atom. The fraction of sp³-hybridized carbons (Fsp3) is 0.231. The second-order valence-electron chi connectivity index (χ2n) is 3.53. The average Bonchev–Trinajstić information content (AvgIpc) is 2.63. The van der Waals surface area contributed by atoms with Gasteiger partial charge >= 0.3 is 11.9 Å². The fourth-order valence-corrected chi connectivity index (χ4v) is 1.48. The molecular weight excluding hydrogens is 236 g/mol. The molecule has 18 heavy (non-hydrogen) atoms. The molecule has 0 saturated carbocycles. The Hall–Kier alpha value is -2.30. The lowest BCUT2D eigenvalue weighted by Crippen LogP contribution is -2.12. The number of aliphatic hydroxyl groups is 1. The van der Waals surface area contributed by atoms with Crippen LogP contribution in [0.3, 0.4) is 0 Å². The second kappa shape index (κ2) is 5.86. The van der Waals surface area contributed by atoms with Gasteiger partial charge in [-0.05, 0) is 6.92 Å². The van der Waals surface area contributed by atoms with Crippen LogP contribution >= 0.6 is 0 Å². The summed E-state index contributed by atoms with van der Waals surface area (Å²) in [7, 11) is 0. The van der Waals surface area contributed by atoms with Crippen molar-refractivity contribution in [3.63, 3.8) is 0 Å². The van der Waals surface area contributed by atoms with E-state index >= 15 is 0 Å². The predicted octanol–water partition coefficient (Wildman–Crippen LogP) is 1.93. The number of cyclic esters (lactones) is 1. The van der Waals surface area contributed by atoms with E-state index < -0.39 is 11.9 Å². The minimum absolute atomic E-state index is 0.00957. The second-order valence-corrected chi connectivity index (χ2v) is 3.53. The molecule has 1 N–H and O–H groups in total. The topological polar surface area (TPSA) is 72.8 Å². The van der Waals surface area contributed by atoms with Gasteiger partial charge in [-0.3, -0.25) is 0 Å². The van der Waals surface area contributed by atoms with Crippen LogP contribution in [0, 0.1) is 0 Å². The molecule has 0 spiro atoms. The third-order valence-corrected chi connectivity index (χ3v) is 2.18. The number of hydrogen-bond donors (Lipinski definition) is 1. The van der Waals surface area contributed by atoms with Crippen molar-refractivity contribution in [3.8, 4) is 0 Å². The number of esters is 2. The first-order valence-corrected chi connectivity index (χ1v) is 5.27. The minimum Gasteiger partial charge on any atom is -0.512 e. The molecule has 1 rings (SSSR count). The number of aliphatic hydroxyl groups excluding tert-OH is 1. The van der Waals surface area contributed by atoms with Crippen molar-refractivity contribution in [1.82, 2.24) is 0 Å². The zero-order chi connectivity index (χ0) is 13.7. The van der Waals surface area contributed by atoms with Gasteiger partial charge in [-0.1, -0.05) is 18.7 Å². The van der Waals surface area contributed by atoms with Gasteiger partial charge in [0.15, 0.2) is 0 Å². The van der Waals surface area contributed by atoms with Crippen molar-refractivity contribution in [3.05, 3.63) is 48.0 Å². The molecule has 0 fully saturated rings. The molecule has 0 saturated heterocycles. The van der Waals surface area contributed by atoms with E-state index in [0.717, 1.165) is 0 Å². The molecule has 0 aromatic rings. The van der Waals surface area contributed by atoms with Crippen molar-refractivity contribution in [2.75, 3.05) is 6.61 Å². The highest BCUT2D eigenvalue weighted by Gasteiger charge is 2.36. The average molecular weight is 250 g/mol. The maximum atomic E-state index is 11.8. The SMILES string of the molecule is C=CCOC(=O)C1=C(CC=C)OC(=O)C1=C(C)O. The number of rotatable bonds is 5. The smallest absolute Gasteiger partial charge is 0.347 e. The zero-order valence-electron chi connectivity index (χ0n) is 10.1. The largest absolute Gasteiger partial charge is 0.512 e. The summed E-state index contributed by atoms with van der Waals surface area (Å²) in [6.45, 7) is 8.23. The van der Waals surface area contributed by atoms with E-state index in [1.807, 2.05) is 0 Å². The Labute approximate surface area is 105 Å². The molecule has 96 valence electrons. The van der Waals surface area contributed by atoms with Gasteiger partial charge in [-0.2, -0.15) is 0 Å². The Morgan fingerprint density at radius 1 is 1.44 bits per heavy atom. The van der Waals surface area contributed by atoms with Crippen molar-refractivity contribution >= 4 is 11.9 Å².